The highest BCUT2D eigenvalue weighted by Gasteiger charge is 2.34. The van der Waals surface area contributed by atoms with Gasteiger partial charge in [-0.1, -0.05) is 38.3 Å². The normalized spacial score (nSPS) is 21.0. The molecule has 2 fully saturated rings. The smallest absolute Gasteiger partial charge is 0.135 e. The van der Waals surface area contributed by atoms with Crippen LogP contribution in [-0.4, -0.2) is 16.5 Å². The van der Waals surface area contributed by atoms with Crippen molar-refractivity contribution < 1.29 is 0 Å². The van der Waals surface area contributed by atoms with Gasteiger partial charge < -0.3 is 5.32 Å². The molecule has 116 valence electrons. The molecule has 0 aromatic carbocycles. The molecule has 1 aromatic rings. The fourth-order valence-corrected chi connectivity index (χ4v) is 3.96. The Morgan fingerprint density at radius 3 is 2.62 bits per heavy atom. The van der Waals surface area contributed by atoms with Gasteiger partial charge in [-0.25, -0.2) is 9.97 Å². The third-order valence-electron chi connectivity index (χ3n) is 4.80. The molecule has 1 heterocycles. The molecule has 0 amide bonds. The van der Waals surface area contributed by atoms with Gasteiger partial charge in [0, 0.05) is 18.5 Å². The molecule has 0 spiro atoms. The first kappa shape index (κ1) is 15.1. The number of anilines is 1. The number of rotatable bonds is 6. The topological polar surface area (TPSA) is 37.8 Å². The van der Waals surface area contributed by atoms with Crippen molar-refractivity contribution in [1.29, 1.82) is 0 Å². The molecule has 0 saturated heterocycles. The molecule has 2 aliphatic carbocycles. The number of nitrogens with one attached hydrogen (secondary N) is 1. The van der Waals surface area contributed by atoms with Crippen molar-refractivity contribution in [1.82, 2.24) is 9.97 Å². The molecular weight excluding hydrogens is 282 g/mol. The first-order chi connectivity index (χ1) is 10.1. The van der Waals surface area contributed by atoms with Crippen molar-refractivity contribution >= 4 is 17.4 Å². The van der Waals surface area contributed by atoms with Crippen molar-refractivity contribution in [2.24, 2.45) is 11.3 Å². The third-order valence-corrected chi connectivity index (χ3v) is 5.00. The Hall–Kier alpha value is -0.830. The Labute approximate surface area is 132 Å². The molecule has 1 N–H and O–H groups in total. The predicted octanol–water partition coefficient (Wildman–Crippen LogP) is 5.03. The molecule has 0 unspecified atom stereocenters. The second-order valence-corrected chi connectivity index (χ2v) is 7.75. The van der Waals surface area contributed by atoms with Crippen LogP contribution in [0.2, 0.25) is 5.15 Å². The monoisotopic (exact) mass is 307 g/mol. The van der Waals surface area contributed by atoms with E-state index in [4.69, 9.17) is 11.6 Å². The van der Waals surface area contributed by atoms with Gasteiger partial charge in [-0.05, 0) is 43.4 Å². The molecule has 0 radical (unpaired) electrons. The second-order valence-electron chi connectivity index (χ2n) is 7.37. The lowest BCUT2D eigenvalue weighted by Crippen LogP contribution is -2.28. The van der Waals surface area contributed by atoms with Crippen LogP contribution in [0.15, 0.2) is 6.07 Å². The summed E-state index contributed by atoms with van der Waals surface area (Å²) >= 11 is 6.15. The maximum absolute atomic E-state index is 6.15. The first-order valence-corrected chi connectivity index (χ1v) is 8.72. The third kappa shape index (κ3) is 3.88. The molecule has 0 atom stereocenters. The Morgan fingerprint density at radius 1 is 1.29 bits per heavy atom. The van der Waals surface area contributed by atoms with E-state index >= 15 is 0 Å². The zero-order valence-corrected chi connectivity index (χ0v) is 13.9. The van der Waals surface area contributed by atoms with E-state index in [1.807, 2.05) is 6.07 Å². The highest BCUT2D eigenvalue weighted by molar-refractivity contribution is 6.29. The summed E-state index contributed by atoms with van der Waals surface area (Å²) in [5.41, 5.74) is 0.450. The average Bonchev–Trinajstić information content (AvgIpc) is 3.17. The van der Waals surface area contributed by atoms with Crippen LogP contribution in [0.1, 0.15) is 70.5 Å². The molecule has 3 rings (SSSR count). The standard InChI is InChI=1S/C17H26ClN3/c1-12(2)10-17(7-3-4-8-17)11-19-15-9-14(18)20-16(21-15)13-5-6-13/h9,12-13H,3-8,10-11H2,1-2H3,(H,19,20,21). The zero-order chi connectivity index (χ0) is 14.9. The highest BCUT2D eigenvalue weighted by Crippen LogP contribution is 2.43. The van der Waals surface area contributed by atoms with Gasteiger partial charge in [0.1, 0.15) is 16.8 Å². The molecule has 2 saturated carbocycles. The number of aromatic nitrogens is 2. The summed E-state index contributed by atoms with van der Waals surface area (Å²) in [6, 6.07) is 1.87. The van der Waals surface area contributed by atoms with Crippen molar-refractivity contribution in [2.45, 2.75) is 64.7 Å². The minimum absolute atomic E-state index is 0.450. The van der Waals surface area contributed by atoms with Crippen LogP contribution >= 0.6 is 11.6 Å². The molecule has 4 heteroatoms. The summed E-state index contributed by atoms with van der Waals surface area (Å²) < 4.78 is 0. The largest absolute Gasteiger partial charge is 0.369 e. The summed E-state index contributed by atoms with van der Waals surface area (Å²) in [5.74, 6) is 3.13. The zero-order valence-electron chi connectivity index (χ0n) is 13.2. The van der Waals surface area contributed by atoms with E-state index in [-0.39, 0.29) is 0 Å². The Bertz CT molecular complexity index is 491. The molecule has 2 aliphatic rings. The van der Waals surface area contributed by atoms with Crippen LogP contribution in [-0.2, 0) is 0 Å². The van der Waals surface area contributed by atoms with Crippen LogP contribution in [0.5, 0.6) is 0 Å². The van der Waals surface area contributed by atoms with Crippen molar-refractivity contribution in [3.05, 3.63) is 17.0 Å². The van der Waals surface area contributed by atoms with Crippen LogP contribution in [0.25, 0.3) is 0 Å². The first-order valence-electron chi connectivity index (χ1n) is 8.35. The van der Waals surface area contributed by atoms with E-state index in [9.17, 15) is 0 Å². The lowest BCUT2D eigenvalue weighted by atomic mass is 9.78. The lowest BCUT2D eigenvalue weighted by Gasteiger charge is -2.31. The van der Waals surface area contributed by atoms with Gasteiger partial charge in [0.15, 0.2) is 0 Å². The van der Waals surface area contributed by atoms with Crippen molar-refractivity contribution in [2.75, 3.05) is 11.9 Å². The van der Waals surface area contributed by atoms with E-state index in [1.165, 1.54) is 44.9 Å². The Kier molecular flexibility index (Phi) is 4.39. The van der Waals surface area contributed by atoms with Crippen molar-refractivity contribution in [3.8, 4) is 0 Å². The second kappa shape index (κ2) is 6.12. The lowest BCUT2D eigenvalue weighted by molar-refractivity contribution is 0.252. The van der Waals surface area contributed by atoms with Crippen LogP contribution in [0, 0.1) is 11.3 Å². The predicted molar refractivity (Wildman–Crippen MR) is 87.9 cm³/mol. The average molecular weight is 308 g/mol. The minimum atomic E-state index is 0.450. The van der Waals surface area contributed by atoms with E-state index in [0.717, 1.165) is 24.1 Å². The van der Waals surface area contributed by atoms with Crippen molar-refractivity contribution in [3.63, 3.8) is 0 Å². The molecule has 0 aliphatic heterocycles. The van der Waals surface area contributed by atoms with E-state index in [0.29, 0.717) is 16.5 Å². The molecule has 21 heavy (non-hydrogen) atoms. The fraction of sp³-hybridized carbons (Fsp3) is 0.765. The summed E-state index contributed by atoms with van der Waals surface area (Å²) in [4.78, 5) is 9.02. The maximum atomic E-state index is 6.15. The minimum Gasteiger partial charge on any atom is -0.369 e. The van der Waals surface area contributed by atoms with Gasteiger partial charge in [-0.2, -0.15) is 0 Å². The Balaban J connectivity index is 1.68. The summed E-state index contributed by atoms with van der Waals surface area (Å²) in [6.07, 6.45) is 9.12. The summed E-state index contributed by atoms with van der Waals surface area (Å²) in [5, 5.41) is 4.13. The number of hydrogen-bond acceptors (Lipinski definition) is 3. The number of halogens is 1. The SMILES string of the molecule is CC(C)CC1(CNc2cc(Cl)nc(C3CC3)n2)CCCC1. The molecule has 1 aromatic heterocycles. The molecule has 3 nitrogen and oxygen atoms in total. The number of nitrogens with zero attached hydrogens (tertiary/aromatic N) is 2. The Morgan fingerprint density at radius 2 is 2.00 bits per heavy atom. The quantitative estimate of drug-likeness (QED) is 0.749. The maximum Gasteiger partial charge on any atom is 0.135 e. The van der Waals surface area contributed by atoms with Crippen LogP contribution < -0.4 is 5.32 Å². The van der Waals surface area contributed by atoms with E-state index < -0.39 is 0 Å². The van der Waals surface area contributed by atoms with Gasteiger partial charge >= 0.3 is 0 Å². The van der Waals surface area contributed by atoms with Gasteiger partial charge in [-0.3, -0.25) is 0 Å². The van der Waals surface area contributed by atoms with Crippen LogP contribution in [0.4, 0.5) is 5.82 Å². The fourth-order valence-electron chi connectivity index (χ4n) is 3.77. The van der Waals surface area contributed by atoms with Gasteiger partial charge in [0.05, 0.1) is 0 Å². The van der Waals surface area contributed by atoms with E-state index in [2.05, 4.69) is 29.1 Å². The van der Waals surface area contributed by atoms with Gasteiger partial charge in [-0.15, -0.1) is 0 Å². The summed E-state index contributed by atoms with van der Waals surface area (Å²) in [6.45, 7) is 5.67. The van der Waals surface area contributed by atoms with Gasteiger partial charge in [0.25, 0.3) is 0 Å². The van der Waals surface area contributed by atoms with Gasteiger partial charge in [0.2, 0.25) is 0 Å². The summed E-state index contributed by atoms with van der Waals surface area (Å²) in [7, 11) is 0. The number of hydrogen-bond donors (Lipinski definition) is 1. The highest BCUT2D eigenvalue weighted by atomic mass is 35.5. The molecular formula is C17H26ClN3. The van der Waals surface area contributed by atoms with E-state index in [1.54, 1.807) is 0 Å². The van der Waals surface area contributed by atoms with Crippen LogP contribution in [0.3, 0.4) is 0 Å². The molecule has 0 bridgehead atoms.